The minimum Gasteiger partial charge on any atom is -0.353 e. The molecule has 2 aromatic rings. The maximum absolute atomic E-state index is 13.0. The van der Waals surface area contributed by atoms with Crippen molar-refractivity contribution >= 4 is 17.4 Å². The van der Waals surface area contributed by atoms with Crippen LogP contribution in [-0.2, 0) is 6.42 Å². The number of benzene rings is 1. The quantitative estimate of drug-likeness (QED) is 0.692. The van der Waals surface area contributed by atoms with Gasteiger partial charge in [0.05, 0.1) is 5.02 Å². The summed E-state index contributed by atoms with van der Waals surface area (Å²) in [4.78, 5) is 9.60. The first kappa shape index (κ1) is 17.7. The van der Waals surface area contributed by atoms with E-state index in [9.17, 15) is 4.39 Å². The zero-order valence-corrected chi connectivity index (χ0v) is 15.7. The highest BCUT2D eigenvalue weighted by Crippen LogP contribution is 2.32. The average molecular weight is 374 g/mol. The Morgan fingerprint density at radius 2 is 1.73 bits per heavy atom. The summed E-state index contributed by atoms with van der Waals surface area (Å²) >= 11 is 5.96. The average Bonchev–Trinajstić information content (AvgIpc) is 2.88. The third kappa shape index (κ3) is 4.02. The summed E-state index contributed by atoms with van der Waals surface area (Å²) in [5.41, 5.74) is 1.23. The minimum atomic E-state index is -0.154. The maximum atomic E-state index is 13.0. The normalized spacial score (nSPS) is 22.8. The van der Waals surface area contributed by atoms with E-state index in [1.54, 1.807) is 18.3 Å². The second kappa shape index (κ2) is 7.93. The van der Waals surface area contributed by atoms with Crippen LogP contribution in [0.4, 0.5) is 10.2 Å². The number of nitrogens with zero attached hydrogens (tertiary/aromatic N) is 3. The topological polar surface area (TPSA) is 19.4 Å². The largest absolute Gasteiger partial charge is 0.353 e. The number of aryl methyl sites for hydroxylation is 1. The second-order valence-corrected chi connectivity index (χ2v) is 7.88. The van der Waals surface area contributed by atoms with Crippen molar-refractivity contribution in [2.75, 3.05) is 24.5 Å². The molecule has 2 unspecified atom stereocenters. The van der Waals surface area contributed by atoms with E-state index >= 15 is 0 Å². The summed E-state index contributed by atoms with van der Waals surface area (Å²) in [6, 6.07) is 12.1. The van der Waals surface area contributed by atoms with E-state index < -0.39 is 0 Å². The van der Waals surface area contributed by atoms with E-state index in [0.29, 0.717) is 17.1 Å². The van der Waals surface area contributed by atoms with Crippen molar-refractivity contribution in [3.05, 3.63) is 59.0 Å². The predicted octanol–water partition coefficient (Wildman–Crippen LogP) is 4.55. The molecular weight excluding hydrogens is 349 g/mol. The standard InChI is InChI=1S/C21H25ClFN3/c22-17-6-11-21(24-13-17)25-14-19-9-10-20(15-25)26(19)12-2-1-3-16-4-7-18(23)8-5-16/h4-8,11,13,19-20H,1-3,9-10,12,14-15H2. The summed E-state index contributed by atoms with van der Waals surface area (Å²) < 4.78 is 13.0. The number of rotatable bonds is 6. The molecule has 5 heteroatoms. The highest BCUT2D eigenvalue weighted by atomic mass is 35.5. The van der Waals surface area contributed by atoms with E-state index in [2.05, 4.69) is 14.8 Å². The lowest BCUT2D eigenvalue weighted by molar-refractivity contribution is 0.166. The molecule has 2 atom stereocenters. The predicted molar refractivity (Wildman–Crippen MR) is 104 cm³/mol. The van der Waals surface area contributed by atoms with Gasteiger partial charge in [-0.1, -0.05) is 23.7 Å². The van der Waals surface area contributed by atoms with Gasteiger partial charge in [0, 0.05) is 31.4 Å². The number of halogens is 2. The van der Waals surface area contributed by atoms with Gasteiger partial charge in [0.15, 0.2) is 0 Å². The molecule has 0 radical (unpaired) electrons. The van der Waals surface area contributed by atoms with Crippen molar-refractivity contribution in [1.29, 1.82) is 0 Å². The highest BCUT2D eigenvalue weighted by molar-refractivity contribution is 6.30. The molecule has 2 aliphatic rings. The van der Waals surface area contributed by atoms with Crippen molar-refractivity contribution < 1.29 is 4.39 Å². The van der Waals surface area contributed by atoms with Crippen LogP contribution in [0.2, 0.25) is 5.02 Å². The molecule has 1 aromatic carbocycles. The molecule has 3 nitrogen and oxygen atoms in total. The molecule has 2 saturated heterocycles. The molecule has 0 saturated carbocycles. The van der Waals surface area contributed by atoms with Crippen molar-refractivity contribution in [2.24, 2.45) is 0 Å². The smallest absolute Gasteiger partial charge is 0.128 e. The molecular formula is C21H25ClFN3. The summed E-state index contributed by atoms with van der Waals surface area (Å²) in [6.07, 6.45) is 7.69. The SMILES string of the molecule is Fc1ccc(CCCCN2C3CCC2CN(c2ccc(Cl)cn2)C3)cc1. The first-order valence-electron chi connectivity index (χ1n) is 9.56. The zero-order chi connectivity index (χ0) is 17.9. The Labute approximate surface area is 159 Å². The van der Waals surface area contributed by atoms with Crippen molar-refractivity contribution in [2.45, 2.75) is 44.2 Å². The fraction of sp³-hybridized carbons (Fsp3) is 0.476. The summed E-state index contributed by atoms with van der Waals surface area (Å²) in [6.45, 7) is 3.28. The third-order valence-corrected chi connectivity index (χ3v) is 5.94. The molecule has 26 heavy (non-hydrogen) atoms. The zero-order valence-electron chi connectivity index (χ0n) is 15.0. The molecule has 2 bridgehead atoms. The third-order valence-electron chi connectivity index (χ3n) is 5.71. The Morgan fingerprint density at radius 3 is 2.38 bits per heavy atom. The number of fused-ring (bicyclic) bond motifs is 2. The molecule has 0 spiro atoms. The van der Waals surface area contributed by atoms with Gasteiger partial charge in [-0.05, 0) is 68.5 Å². The van der Waals surface area contributed by atoms with Gasteiger partial charge >= 0.3 is 0 Å². The Kier molecular flexibility index (Phi) is 5.41. The molecule has 0 aliphatic carbocycles. The van der Waals surface area contributed by atoms with Gasteiger partial charge in [-0.2, -0.15) is 0 Å². The first-order chi connectivity index (χ1) is 12.7. The number of unbranched alkanes of at least 4 members (excludes halogenated alkanes) is 1. The highest BCUT2D eigenvalue weighted by Gasteiger charge is 2.39. The van der Waals surface area contributed by atoms with Crippen molar-refractivity contribution in [3.8, 4) is 0 Å². The van der Waals surface area contributed by atoms with Crippen LogP contribution in [0.25, 0.3) is 0 Å². The summed E-state index contributed by atoms with van der Waals surface area (Å²) in [5.74, 6) is 0.889. The number of anilines is 1. The molecule has 3 heterocycles. The van der Waals surface area contributed by atoms with Crippen LogP contribution in [0, 0.1) is 5.82 Å². The maximum Gasteiger partial charge on any atom is 0.128 e. The number of pyridine rings is 1. The van der Waals surface area contributed by atoms with Crippen LogP contribution in [0.5, 0.6) is 0 Å². The van der Waals surface area contributed by atoms with Crippen molar-refractivity contribution in [3.63, 3.8) is 0 Å². The number of piperazine rings is 1. The fourth-order valence-corrected chi connectivity index (χ4v) is 4.48. The van der Waals surface area contributed by atoms with Crippen LogP contribution in [0.15, 0.2) is 42.6 Å². The molecule has 4 rings (SSSR count). The van der Waals surface area contributed by atoms with E-state index in [1.807, 2.05) is 24.3 Å². The van der Waals surface area contributed by atoms with Crippen LogP contribution < -0.4 is 4.90 Å². The van der Waals surface area contributed by atoms with Crippen LogP contribution >= 0.6 is 11.6 Å². The van der Waals surface area contributed by atoms with Gasteiger partial charge in [0.25, 0.3) is 0 Å². The lowest BCUT2D eigenvalue weighted by Crippen LogP contribution is -2.54. The Balaban J connectivity index is 1.27. The molecule has 2 aliphatic heterocycles. The molecule has 2 fully saturated rings. The Morgan fingerprint density at radius 1 is 1.00 bits per heavy atom. The van der Waals surface area contributed by atoms with Gasteiger partial charge in [-0.25, -0.2) is 9.37 Å². The molecule has 138 valence electrons. The monoisotopic (exact) mass is 373 g/mol. The Hall–Kier alpha value is -1.65. The van der Waals surface area contributed by atoms with E-state index in [0.717, 1.165) is 31.7 Å². The molecule has 1 aromatic heterocycles. The lowest BCUT2D eigenvalue weighted by Gasteiger charge is -2.41. The van der Waals surface area contributed by atoms with Crippen LogP contribution in [0.3, 0.4) is 0 Å². The van der Waals surface area contributed by atoms with Gasteiger partial charge in [0.1, 0.15) is 11.6 Å². The first-order valence-corrected chi connectivity index (χ1v) is 9.93. The van der Waals surface area contributed by atoms with Gasteiger partial charge in [0.2, 0.25) is 0 Å². The lowest BCUT2D eigenvalue weighted by atomic mass is 10.1. The van der Waals surface area contributed by atoms with Crippen LogP contribution in [-0.4, -0.2) is 41.6 Å². The minimum absolute atomic E-state index is 0.154. The fourth-order valence-electron chi connectivity index (χ4n) is 4.37. The number of hydrogen-bond donors (Lipinski definition) is 0. The van der Waals surface area contributed by atoms with E-state index in [1.165, 1.54) is 31.4 Å². The van der Waals surface area contributed by atoms with Crippen molar-refractivity contribution in [1.82, 2.24) is 9.88 Å². The van der Waals surface area contributed by atoms with Crippen LogP contribution in [0.1, 0.15) is 31.2 Å². The van der Waals surface area contributed by atoms with Gasteiger partial charge < -0.3 is 4.90 Å². The second-order valence-electron chi connectivity index (χ2n) is 7.45. The van der Waals surface area contributed by atoms with E-state index in [4.69, 9.17) is 11.6 Å². The van der Waals surface area contributed by atoms with Gasteiger partial charge in [-0.15, -0.1) is 0 Å². The number of hydrogen-bond acceptors (Lipinski definition) is 3. The molecule has 0 amide bonds. The molecule has 0 N–H and O–H groups in total. The summed E-state index contributed by atoms with van der Waals surface area (Å²) in [5, 5.41) is 0.691. The number of aromatic nitrogens is 1. The Bertz CT molecular complexity index is 705. The van der Waals surface area contributed by atoms with Gasteiger partial charge in [-0.3, -0.25) is 4.90 Å². The van der Waals surface area contributed by atoms with E-state index in [-0.39, 0.29) is 5.82 Å². The summed E-state index contributed by atoms with van der Waals surface area (Å²) in [7, 11) is 0.